The van der Waals surface area contributed by atoms with Crippen molar-refractivity contribution in [3.63, 3.8) is 0 Å². The molecule has 0 bridgehead atoms. The van der Waals surface area contributed by atoms with Gasteiger partial charge in [0.2, 0.25) is 0 Å². The molecule has 0 N–H and O–H groups in total. The van der Waals surface area contributed by atoms with Crippen molar-refractivity contribution in [1.82, 2.24) is 0 Å². The zero-order chi connectivity index (χ0) is 30.1. The number of allylic oxidation sites excluding steroid dienone is 2. The van der Waals surface area contributed by atoms with E-state index in [1.807, 2.05) is 6.08 Å². The topological polar surface area (TPSA) is 69.7 Å². The Hall–Kier alpha value is -1.65. The second-order valence-electron chi connectivity index (χ2n) is 16.6. The highest BCUT2D eigenvalue weighted by Crippen LogP contribution is 2.73. The van der Waals surface area contributed by atoms with E-state index in [1.54, 1.807) is 6.92 Å². The lowest BCUT2D eigenvalue weighted by Crippen LogP contribution is -2.58. The summed E-state index contributed by atoms with van der Waals surface area (Å²) in [6.07, 6.45) is 9.47. The van der Waals surface area contributed by atoms with E-state index in [0.717, 1.165) is 44.9 Å². The average Bonchev–Trinajstić information content (AvgIpc) is 3.09. The Balaban J connectivity index is 1.67. The number of carbonyl (C=O) groups excluding carboxylic acids is 3. The van der Waals surface area contributed by atoms with Gasteiger partial charge >= 0.3 is 11.9 Å². The summed E-state index contributed by atoms with van der Waals surface area (Å²) < 4.78 is 11.8. The fourth-order valence-corrected chi connectivity index (χ4v) is 10.2. The van der Waals surface area contributed by atoms with Crippen molar-refractivity contribution in [3.05, 3.63) is 11.6 Å². The van der Waals surface area contributed by atoms with Crippen LogP contribution in [0.3, 0.4) is 0 Å². The van der Waals surface area contributed by atoms with Crippen molar-refractivity contribution >= 4 is 17.7 Å². The normalized spacial score (nSPS) is 40.3. The summed E-state index contributed by atoms with van der Waals surface area (Å²) in [6.45, 7) is 23.9. The lowest BCUT2D eigenvalue weighted by atomic mass is 9.42. The quantitative estimate of drug-likeness (QED) is 0.309. The number of ether oxygens (including phenoxy) is 2. The Labute approximate surface area is 243 Å². The van der Waals surface area contributed by atoms with Crippen LogP contribution in [-0.2, 0) is 23.9 Å². The molecule has 4 rings (SSSR count). The molecule has 0 spiro atoms. The van der Waals surface area contributed by atoms with Gasteiger partial charge in [-0.15, -0.1) is 0 Å². The minimum Gasteiger partial charge on any atom is -0.462 e. The van der Waals surface area contributed by atoms with E-state index in [4.69, 9.17) is 9.47 Å². The lowest BCUT2D eigenvalue weighted by Gasteiger charge is -2.62. The van der Waals surface area contributed by atoms with Crippen LogP contribution in [0.5, 0.6) is 0 Å². The standard InChI is InChI=1S/C35H56O5/c1-21-20-33(9)24-12-16-35(11)29(32(7,8)30(40-23(3)37)14-15-31(4,5)6)13-17-34(35,10)25(24)18-27(38)26(33)19-28(21)39-22(2)36/h18,21,24,26,28-30H,12-17,19-20H2,1-11H3/t21-,24?,26-,28+,29+,30+,33+,34-,35+/m0/s1. The third kappa shape index (κ3) is 5.10. The molecule has 0 aromatic rings. The highest BCUT2D eigenvalue weighted by molar-refractivity contribution is 5.95. The molecule has 0 saturated heterocycles. The van der Waals surface area contributed by atoms with Gasteiger partial charge in [0.15, 0.2) is 5.78 Å². The van der Waals surface area contributed by atoms with Crippen LogP contribution in [0, 0.1) is 50.7 Å². The second kappa shape index (κ2) is 10.3. The van der Waals surface area contributed by atoms with E-state index in [2.05, 4.69) is 62.3 Å². The number of ketones is 1. The van der Waals surface area contributed by atoms with E-state index in [9.17, 15) is 14.4 Å². The molecular weight excluding hydrogens is 500 g/mol. The van der Waals surface area contributed by atoms with Crippen LogP contribution in [-0.4, -0.2) is 29.9 Å². The zero-order valence-corrected chi connectivity index (χ0v) is 27.2. The van der Waals surface area contributed by atoms with Crippen molar-refractivity contribution in [2.75, 3.05) is 0 Å². The molecule has 0 heterocycles. The lowest BCUT2D eigenvalue weighted by molar-refractivity contribution is -0.164. The fraction of sp³-hybridized carbons (Fsp3) is 0.857. The highest BCUT2D eigenvalue weighted by atomic mass is 16.5. The maximum absolute atomic E-state index is 13.9. The molecule has 3 saturated carbocycles. The molecule has 0 amide bonds. The summed E-state index contributed by atoms with van der Waals surface area (Å²) in [5, 5.41) is 0. The maximum Gasteiger partial charge on any atom is 0.302 e. The molecule has 226 valence electrons. The number of rotatable bonds is 6. The predicted octanol–water partition coefficient (Wildman–Crippen LogP) is 8.10. The average molecular weight is 557 g/mol. The molecule has 0 aromatic carbocycles. The summed E-state index contributed by atoms with van der Waals surface area (Å²) in [4.78, 5) is 37.9. The van der Waals surface area contributed by atoms with E-state index in [1.165, 1.54) is 12.5 Å². The van der Waals surface area contributed by atoms with Gasteiger partial charge in [-0.25, -0.2) is 0 Å². The molecule has 0 radical (unpaired) electrons. The van der Waals surface area contributed by atoms with Crippen LogP contribution >= 0.6 is 0 Å². The minimum atomic E-state index is -0.255. The van der Waals surface area contributed by atoms with Crippen LogP contribution < -0.4 is 0 Å². The van der Waals surface area contributed by atoms with Gasteiger partial charge in [0.1, 0.15) is 12.2 Å². The highest BCUT2D eigenvalue weighted by Gasteiger charge is 2.67. The van der Waals surface area contributed by atoms with Gasteiger partial charge in [-0.05, 0) is 96.9 Å². The van der Waals surface area contributed by atoms with Crippen LogP contribution in [0.1, 0.15) is 128 Å². The van der Waals surface area contributed by atoms with Crippen molar-refractivity contribution in [2.24, 2.45) is 50.7 Å². The number of hydrogen-bond acceptors (Lipinski definition) is 5. The summed E-state index contributed by atoms with van der Waals surface area (Å²) in [6, 6.07) is 0. The smallest absolute Gasteiger partial charge is 0.302 e. The van der Waals surface area contributed by atoms with Crippen LogP contribution in [0.15, 0.2) is 11.6 Å². The minimum absolute atomic E-state index is 0.0169. The van der Waals surface area contributed by atoms with Gasteiger partial charge in [-0.1, -0.05) is 67.9 Å². The van der Waals surface area contributed by atoms with Gasteiger partial charge in [0.25, 0.3) is 0 Å². The summed E-state index contributed by atoms with van der Waals surface area (Å²) >= 11 is 0. The second-order valence-corrected chi connectivity index (χ2v) is 16.6. The number of carbonyl (C=O) groups is 3. The molecule has 0 aliphatic heterocycles. The Morgan fingerprint density at radius 1 is 1.00 bits per heavy atom. The molecule has 5 heteroatoms. The van der Waals surface area contributed by atoms with Crippen molar-refractivity contribution in [2.45, 2.75) is 140 Å². The van der Waals surface area contributed by atoms with Crippen LogP contribution in [0.4, 0.5) is 0 Å². The van der Waals surface area contributed by atoms with Gasteiger partial charge in [0, 0.05) is 25.2 Å². The Morgan fingerprint density at radius 3 is 2.23 bits per heavy atom. The number of hydrogen-bond donors (Lipinski definition) is 0. The van der Waals surface area contributed by atoms with Gasteiger partial charge in [0.05, 0.1) is 0 Å². The molecule has 1 unspecified atom stereocenters. The van der Waals surface area contributed by atoms with E-state index in [-0.39, 0.29) is 68.8 Å². The predicted molar refractivity (Wildman–Crippen MR) is 158 cm³/mol. The molecule has 5 nitrogen and oxygen atoms in total. The SMILES string of the molecule is CC(=O)O[C@@H]1C[C@H]2C(=O)C=C3C(CC[C@]4(C)[C@@H](C(C)(C)[C@@H](CCC(C)(C)C)OC(C)=O)CC[C@@]34C)[C@@]2(C)C[C@@H]1C. The third-order valence-corrected chi connectivity index (χ3v) is 12.5. The van der Waals surface area contributed by atoms with E-state index < -0.39 is 0 Å². The van der Waals surface area contributed by atoms with Crippen molar-refractivity contribution in [3.8, 4) is 0 Å². The first-order valence-electron chi connectivity index (χ1n) is 15.9. The fourth-order valence-electron chi connectivity index (χ4n) is 10.2. The van der Waals surface area contributed by atoms with Gasteiger partial charge in [-0.2, -0.15) is 0 Å². The number of esters is 2. The zero-order valence-electron chi connectivity index (χ0n) is 27.2. The summed E-state index contributed by atoms with van der Waals surface area (Å²) in [5.41, 5.74) is 1.21. The summed E-state index contributed by atoms with van der Waals surface area (Å²) in [7, 11) is 0. The van der Waals surface area contributed by atoms with Crippen molar-refractivity contribution in [1.29, 1.82) is 0 Å². The molecule has 40 heavy (non-hydrogen) atoms. The van der Waals surface area contributed by atoms with Crippen LogP contribution in [0.25, 0.3) is 0 Å². The monoisotopic (exact) mass is 556 g/mol. The molecule has 0 aromatic heterocycles. The van der Waals surface area contributed by atoms with Gasteiger partial charge < -0.3 is 9.47 Å². The van der Waals surface area contributed by atoms with E-state index in [0.29, 0.717) is 18.3 Å². The van der Waals surface area contributed by atoms with Gasteiger partial charge in [-0.3, -0.25) is 14.4 Å². The summed E-state index contributed by atoms with van der Waals surface area (Å²) in [5.74, 6) is 0.690. The molecule has 3 fully saturated rings. The molecular formula is C35H56O5. The first-order valence-corrected chi connectivity index (χ1v) is 15.9. The number of fused-ring (bicyclic) bond motifs is 5. The largest absolute Gasteiger partial charge is 0.462 e. The molecule has 4 aliphatic carbocycles. The third-order valence-electron chi connectivity index (χ3n) is 12.5. The van der Waals surface area contributed by atoms with Crippen LogP contribution in [0.2, 0.25) is 0 Å². The Kier molecular flexibility index (Phi) is 8.03. The first-order chi connectivity index (χ1) is 18.3. The Morgan fingerprint density at radius 2 is 1.65 bits per heavy atom. The van der Waals surface area contributed by atoms with E-state index >= 15 is 0 Å². The van der Waals surface area contributed by atoms with Crippen molar-refractivity contribution < 1.29 is 23.9 Å². The molecule has 9 atom stereocenters. The first kappa shape index (κ1) is 31.3. The molecule has 4 aliphatic rings. The Bertz CT molecular complexity index is 1060. The maximum atomic E-state index is 13.9.